The van der Waals surface area contributed by atoms with Crippen molar-refractivity contribution in [2.45, 2.75) is 13.8 Å². The summed E-state index contributed by atoms with van der Waals surface area (Å²) in [6.07, 6.45) is 1.18. The molecule has 0 aromatic carbocycles. The van der Waals surface area contributed by atoms with Crippen LogP contribution in [0.1, 0.15) is 16.8 Å². The maximum Gasteiger partial charge on any atom is 0.162 e. The first-order chi connectivity index (χ1) is 8.63. The summed E-state index contributed by atoms with van der Waals surface area (Å²) in [6, 6.07) is 0. The smallest absolute Gasteiger partial charge is 0.162 e. The molecule has 0 aliphatic heterocycles. The van der Waals surface area contributed by atoms with Crippen molar-refractivity contribution in [1.29, 1.82) is 5.41 Å². The predicted molar refractivity (Wildman–Crippen MR) is 75.5 cm³/mol. The normalized spacial score (nSPS) is 11.4. The standard InChI is InChI=1S/C11H19N5O2S/c1-7-8(2)14-15-11(9(7)10(12)13)16(3)5-6-19(4,17)18/h5-6H2,1-4H3,(H3,12,13). The highest BCUT2D eigenvalue weighted by Gasteiger charge is 2.17. The Hall–Kier alpha value is -1.70. The van der Waals surface area contributed by atoms with Crippen LogP contribution < -0.4 is 10.6 Å². The van der Waals surface area contributed by atoms with Gasteiger partial charge in [0.25, 0.3) is 0 Å². The largest absolute Gasteiger partial charge is 0.384 e. The molecule has 106 valence electrons. The molecular formula is C11H19N5O2S. The van der Waals surface area contributed by atoms with Gasteiger partial charge in [0.2, 0.25) is 0 Å². The van der Waals surface area contributed by atoms with Crippen molar-refractivity contribution < 1.29 is 8.42 Å². The number of nitrogens with one attached hydrogen (secondary N) is 1. The van der Waals surface area contributed by atoms with Gasteiger partial charge in [-0.25, -0.2) is 8.42 Å². The highest BCUT2D eigenvalue weighted by Crippen LogP contribution is 2.20. The minimum absolute atomic E-state index is 0.00937. The van der Waals surface area contributed by atoms with Crippen LogP contribution in [-0.4, -0.2) is 50.1 Å². The fourth-order valence-corrected chi connectivity index (χ4v) is 2.20. The van der Waals surface area contributed by atoms with Gasteiger partial charge in [0.1, 0.15) is 15.7 Å². The number of hydrogen-bond acceptors (Lipinski definition) is 6. The van der Waals surface area contributed by atoms with Gasteiger partial charge in [0, 0.05) is 19.8 Å². The van der Waals surface area contributed by atoms with E-state index in [0.717, 1.165) is 5.56 Å². The van der Waals surface area contributed by atoms with Crippen LogP contribution in [0.2, 0.25) is 0 Å². The van der Waals surface area contributed by atoms with Crippen molar-refractivity contribution in [3.05, 3.63) is 16.8 Å². The summed E-state index contributed by atoms with van der Waals surface area (Å²) in [4.78, 5) is 1.65. The van der Waals surface area contributed by atoms with Crippen LogP contribution in [0.25, 0.3) is 0 Å². The SMILES string of the molecule is Cc1nnc(N(C)CCS(C)(=O)=O)c(C(=N)N)c1C. The lowest BCUT2D eigenvalue weighted by Gasteiger charge is -2.21. The molecule has 0 aliphatic carbocycles. The summed E-state index contributed by atoms with van der Waals surface area (Å²) in [5, 5.41) is 15.6. The van der Waals surface area contributed by atoms with Gasteiger partial charge in [0.15, 0.2) is 5.82 Å². The molecule has 3 N–H and O–H groups in total. The van der Waals surface area contributed by atoms with E-state index in [4.69, 9.17) is 11.1 Å². The zero-order valence-corrected chi connectivity index (χ0v) is 12.4. The van der Waals surface area contributed by atoms with Gasteiger partial charge in [0.05, 0.1) is 17.0 Å². The van der Waals surface area contributed by atoms with Crippen molar-refractivity contribution in [1.82, 2.24) is 10.2 Å². The molecule has 0 fully saturated rings. The monoisotopic (exact) mass is 285 g/mol. The Morgan fingerprint density at radius 1 is 1.37 bits per heavy atom. The molecule has 0 radical (unpaired) electrons. The van der Waals surface area contributed by atoms with Gasteiger partial charge >= 0.3 is 0 Å². The molecule has 0 spiro atoms. The van der Waals surface area contributed by atoms with Crippen LogP contribution in [0.3, 0.4) is 0 Å². The molecule has 0 atom stereocenters. The molecule has 0 unspecified atom stereocenters. The van der Waals surface area contributed by atoms with Crippen LogP contribution in [0.4, 0.5) is 5.82 Å². The number of rotatable bonds is 5. The van der Waals surface area contributed by atoms with E-state index in [1.54, 1.807) is 18.9 Å². The fourth-order valence-electron chi connectivity index (χ4n) is 1.59. The third-order valence-corrected chi connectivity index (χ3v) is 3.79. The third-order valence-electron chi connectivity index (χ3n) is 2.86. The van der Waals surface area contributed by atoms with Crippen LogP contribution in [0.15, 0.2) is 0 Å². The number of nitrogen functional groups attached to an aromatic ring is 1. The van der Waals surface area contributed by atoms with Crippen molar-refractivity contribution in [2.75, 3.05) is 30.5 Å². The lowest BCUT2D eigenvalue weighted by atomic mass is 10.1. The number of aryl methyl sites for hydroxylation is 1. The van der Waals surface area contributed by atoms with Crippen LogP contribution in [0, 0.1) is 19.3 Å². The summed E-state index contributed by atoms with van der Waals surface area (Å²) < 4.78 is 22.4. The molecule has 1 heterocycles. The van der Waals surface area contributed by atoms with Crippen molar-refractivity contribution in [2.24, 2.45) is 5.73 Å². The molecule has 0 aliphatic rings. The van der Waals surface area contributed by atoms with Gasteiger partial charge in [-0.1, -0.05) is 0 Å². The van der Waals surface area contributed by atoms with E-state index >= 15 is 0 Å². The Morgan fingerprint density at radius 3 is 2.42 bits per heavy atom. The maximum absolute atomic E-state index is 11.2. The fraction of sp³-hybridized carbons (Fsp3) is 0.545. The average Bonchev–Trinajstić information content (AvgIpc) is 2.27. The Balaban J connectivity index is 3.13. The zero-order valence-electron chi connectivity index (χ0n) is 11.6. The van der Waals surface area contributed by atoms with E-state index in [1.807, 2.05) is 6.92 Å². The Bertz CT molecular complexity index is 597. The van der Waals surface area contributed by atoms with E-state index in [0.29, 0.717) is 17.1 Å². The minimum Gasteiger partial charge on any atom is -0.384 e. The van der Waals surface area contributed by atoms with E-state index in [1.165, 1.54) is 6.26 Å². The maximum atomic E-state index is 11.2. The molecule has 7 nitrogen and oxygen atoms in total. The molecule has 1 rings (SSSR count). The molecule has 8 heteroatoms. The zero-order chi connectivity index (χ0) is 14.8. The number of amidine groups is 1. The molecule has 0 bridgehead atoms. The van der Waals surface area contributed by atoms with Crippen molar-refractivity contribution >= 4 is 21.5 Å². The van der Waals surface area contributed by atoms with E-state index in [2.05, 4.69) is 10.2 Å². The first-order valence-electron chi connectivity index (χ1n) is 5.70. The lowest BCUT2D eigenvalue weighted by molar-refractivity contribution is 0.601. The van der Waals surface area contributed by atoms with Gasteiger partial charge < -0.3 is 10.6 Å². The summed E-state index contributed by atoms with van der Waals surface area (Å²) in [7, 11) is -1.35. The highest BCUT2D eigenvalue weighted by atomic mass is 32.2. The first kappa shape index (κ1) is 15.4. The van der Waals surface area contributed by atoms with Crippen molar-refractivity contribution in [3.63, 3.8) is 0 Å². The van der Waals surface area contributed by atoms with Gasteiger partial charge in [-0.05, 0) is 19.4 Å². The second-order valence-corrected chi connectivity index (χ2v) is 6.83. The highest BCUT2D eigenvalue weighted by molar-refractivity contribution is 7.90. The Morgan fingerprint density at radius 2 is 1.95 bits per heavy atom. The Kier molecular flexibility index (Phi) is 4.46. The molecule has 0 saturated carbocycles. The van der Waals surface area contributed by atoms with E-state index in [-0.39, 0.29) is 18.1 Å². The minimum atomic E-state index is -3.05. The number of nitrogens with zero attached hydrogens (tertiary/aromatic N) is 3. The van der Waals surface area contributed by atoms with Gasteiger partial charge in [-0.3, -0.25) is 5.41 Å². The second kappa shape index (κ2) is 5.52. The topological polar surface area (TPSA) is 113 Å². The molecule has 1 aromatic heterocycles. The van der Waals surface area contributed by atoms with Crippen LogP contribution in [-0.2, 0) is 9.84 Å². The summed E-state index contributed by atoms with van der Waals surface area (Å²) in [5.74, 6) is 0.339. The quantitative estimate of drug-likeness (QED) is 0.575. The number of hydrogen-bond donors (Lipinski definition) is 2. The summed E-state index contributed by atoms with van der Waals surface area (Å²) in [6.45, 7) is 3.88. The predicted octanol–water partition coefficient (Wildman–Crippen LogP) is -0.142. The summed E-state index contributed by atoms with van der Waals surface area (Å²) in [5.41, 5.74) is 7.56. The number of nitrogens with two attached hydrogens (primary N) is 1. The third kappa shape index (κ3) is 3.88. The lowest BCUT2D eigenvalue weighted by Crippen LogP contribution is -2.29. The van der Waals surface area contributed by atoms with Crippen LogP contribution in [0.5, 0.6) is 0 Å². The van der Waals surface area contributed by atoms with Crippen molar-refractivity contribution in [3.8, 4) is 0 Å². The number of aromatic nitrogens is 2. The summed E-state index contributed by atoms with van der Waals surface area (Å²) >= 11 is 0. The molecule has 19 heavy (non-hydrogen) atoms. The first-order valence-corrected chi connectivity index (χ1v) is 7.76. The number of anilines is 1. The van der Waals surface area contributed by atoms with Crippen LogP contribution >= 0.6 is 0 Å². The van der Waals surface area contributed by atoms with Gasteiger partial charge in [-0.2, -0.15) is 5.10 Å². The Labute approximate surface area is 113 Å². The molecule has 0 saturated heterocycles. The van der Waals surface area contributed by atoms with E-state index in [9.17, 15) is 8.42 Å². The molecule has 1 aromatic rings. The molecule has 0 amide bonds. The van der Waals surface area contributed by atoms with E-state index < -0.39 is 9.84 Å². The van der Waals surface area contributed by atoms with Gasteiger partial charge in [-0.15, -0.1) is 5.10 Å². The molecular weight excluding hydrogens is 266 g/mol. The average molecular weight is 285 g/mol. The number of sulfone groups is 1. The second-order valence-electron chi connectivity index (χ2n) is 4.57.